The van der Waals surface area contributed by atoms with E-state index in [2.05, 4.69) is 0 Å². The molecule has 2 saturated heterocycles. The Hall–Kier alpha value is -1.77. The van der Waals surface area contributed by atoms with Crippen LogP contribution >= 0.6 is 0 Å². The molecule has 2 aliphatic rings. The lowest BCUT2D eigenvalue weighted by Gasteiger charge is -2.35. The molecule has 3 rings (SSSR count). The summed E-state index contributed by atoms with van der Waals surface area (Å²) in [7, 11) is -0.482. The maximum atomic E-state index is 12.5. The fourth-order valence-corrected chi connectivity index (χ4v) is 3.33. The fourth-order valence-electron chi connectivity index (χ4n) is 3.33. The van der Waals surface area contributed by atoms with Crippen molar-refractivity contribution < 1.29 is 23.6 Å². The smallest absolute Gasteiger partial charge is 0.444 e. The molecule has 0 aliphatic carbocycles. The van der Waals surface area contributed by atoms with Gasteiger partial charge in [0.05, 0.1) is 24.4 Å². The number of hydrogen-bond acceptors (Lipinski definition) is 6. The third kappa shape index (κ3) is 4.70. The normalized spacial score (nSPS) is 23.9. The second kappa shape index (κ2) is 7.49. The molecule has 1 aromatic carbocycles. The zero-order valence-corrected chi connectivity index (χ0v) is 18.6. The zero-order chi connectivity index (χ0) is 21.6. The number of benzene rings is 1. The van der Waals surface area contributed by atoms with Crippen LogP contribution in [0.1, 0.15) is 60.1 Å². The third-order valence-electron chi connectivity index (χ3n) is 5.70. The van der Waals surface area contributed by atoms with Gasteiger partial charge in [-0.2, -0.15) is 0 Å². The lowest BCUT2D eigenvalue weighted by atomic mass is 9.77. The Morgan fingerprint density at radius 3 is 2.41 bits per heavy atom. The van der Waals surface area contributed by atoms with Crippen molar-refractivity contribution in [1.82, 2.24) is 4.90 Å². The van der Waals surface area contributed by atoms with Crippen LogP contribution in [0.2, 0.25) is 0 Å². The van der Waals surface area contributed by atoms with Gasteiger partial charge in [0.1, 0.15) is 11.7 Å². The minimum Gasteiger partial charge on any atom is -0.444 e. The van der Waals surface area contributed by atoms with Crippen molar-refractivity contribution in [3.8, 4) is 0 Å². The van der Waals surface area contributed by atoms with E-state index in [9.17, 15) is 4.79 Å². The largest absolute Gasteiger partial charge is 0.494 e. The van der Waals surface area contributed by atoms with Crippen molar-refractivity contribution in [2.45, 2.75) is 71.4 Å². The van der Waals surface area contributed by atoms with Crippen molar-refractivity contribution in [2.75, 3.05) is 25.4 Å². The zero-order valence-electron chi connectivity index (χ0n) is 18.6. The summed E-state index contributed by atoms with van der Waals surface area (Å²) >= 11 is 0. The highest BCUT2D eigenvalue weighted by atomic mass is 16.7. The molecule has 0 saturated carbocycles. The number of hydrogen-bond donors (Lipinski definition) is 1. The molecular weight excluding hydrogens is 371 g/mol. The molecule has 2 heterocycles. The monoisotopic (exact) mass is 404 g/mol. The van der Waals surface area contributed by atoms with Gasteiger partial charge >= 0.3 is 13.2 Å². The molecule has 1 atom stereocenters. The summed E-state index contributed by atoms with van der Waals surface area (Å²) in [5.41, 5.74) is 7.18. The number of nitrogens with zero attached hydrogens (tertiary/aromatic N) is 1. The van der Waals surface area contributed by atoms with E-state index in [1.54, 1.807) is 4.90 Å². The van der Waals surface area contributed by atoms with Crippen LogP contribution in [0.5, 0.6) is 0 Å². The van der Waals surface area contributed by atoms with E-state index in [0.717, 1.165) is 11.0 Å². The first-order chi connectivity index (χ1) is 13.3. The molecule has 1 unspecified atom stereocenters. The first kappa shape index (κ1) is 21.9. The van der Waals surface area contributed by atoms with Crippen molar-refractivity contribution in [3.63, 3.8) is 0 Å². The van der Waals surface area contributed by atoms with Crippen LogP contribution in [0.3, 0.4) is 0 Å². The van der Waals surface area contributed by atoms with Crippen LogP contribution in [0.25, 0.3) is 0 Å². The van der Waals surface area contributed by atoms with Gasteiger partial charge in [-0.15, -0.1) is 0 Å². The van der Waals surface area contributed by atoms with Crippen molar-refractivity contribution in [3.05, 3.63) is 23.8 Å². The molecule has 8 heteroatoms. The highest BCUT2D eigenvalue weighted by Gasteiger charge is 2.51. The van der Waals surface area contributed by atoms with Crippen LogP contribution in [0.15, 0.2) is 18.2 Å². The first-order valence-electron chi connectivity index (χ1n) is 10.1. The van der Waals surface area contributed by atoms with E-state index >= 15 is 0 Å². The third-order valence-corrected chi connectivity index (χ3v) is 5.70. The number of rotatable bonds is 2. The van der Waals surface area contributed by atoms with Gasteiger partial charge in [0.15, 0.2) is 0 Å². The quantitative estimate of drug-likeness (QED) is 0.603. The van der Waals surface area contributed by atoms with Gasteiger partial charge in [-0.25, -0.2) is 4.79 Å². The first-order valence-corrected chi connectivity index (χ1v) is 10.1. The van der Waals surface area contributed by atoms with Crippen LogP contribution in [0.4, 0.5) is 10.5 Å². The highest BCUT2D eigenvalue weighted by molar-refractivity contribution is 6.62. The Kier molecular flexibility index (Phi) is 5.66. The van der Waals surface area contributed by atoms with E-state index < -0.39 is 23.9 Å². The number of carbonyl (C=O) groups is 1. The number of morpholine rings is 1. The summed E-state index contributed by atoms with van der Waals surface area (Å²) in [6, 6.07) is 5.71. The topological polar surface area (TPSA) is 83.2 Å². The fraction of sp³-hybridized carbons (Fsp3) is 0.667. The lowest BCUT2D eigenvalue weighted by molar-refractivity contribution is -0.0430. The SMILES string of the molecule is CC(C)(C)OC(=O)N1CCOC(c2cc(B3OC(C)(C)C(C)(C)O3)ccc2N)C1. The number of anilines is 1. The minimum absolute atomic E-state index is 0.335. The molecule has 0 radical (unpaired) electrons. The second-order valence-electron chi connectivity index (χ2n) is 9.76. The van der Waals surface area contributed by atoms with Gasteiger partial charge in [0.2, 0.25) is 0 Å². The standard InChI is InChI=1S/C21H33BN2O5/c1-19(2,3)27-18(25)24-10-11-26-17(13-24)15-12-14(8-9-16(15)23)22-28-20(4,5)21(6,7)29-22/h8-9,12,17H,10-11,13,23H2,1-7H3. The summed E-state index contributed by atoms with van der Waals surface area (Å²) < 4.78 is 23.8. The van der Waals surface area contributed by atoms with Crippen LogP contribution < -0.4 is 11.2 Å². The molecule has 2 N–H and O–H groups in total. The number of nitrogens with two attached hydrogens (primary N) is 1. The number of carbonyl (C=O) groups excluding carboxylic acids is 1. The van der Waals surface area contributed by atoms with Gasteiger partial charge < -0.3 is 29.4 Å². The predicted molar refractivity (Wildman–Crippen MR) is 113 cm³/mol. The van der Waals surface area contributed by atoms with E-state index in [1.165, 1.54) is 0 Å². The van der Waals surface area contributed by atoms with E-state index in [-0.39, 0.29) is 12.2 Å². The molecule has 0 bridgehead atoms. The summed E-state index contributed by atoms with van der Waals surface area (Å²) in [5, 5.41) is 0. The number of amides is 1. The van der Waals surface area contributed by atoms with E-state index in [0.29, 0.717) is 25.4 Å². The van der Waals surface area contributed by atoms with Crippen LogP contribution in [0, 0.1) is 0 Å². The Bertz CT molecular complexity index is 759. The summed E-state index contributed by atoms with van der Waals surface area (Å²) in [6.45, 7) is 14.9. The van der Waals surface area contributed by atoms with Gasteiger partial charge in [0, 0.05) is 17.8 Å². The average Bonchev–Trinajstić information content (AvgIpc) is 2.81. The van der Waals surface area contributed by atoms with Gasteiger partial charge in [-0.3, -0.25) is 0 Å². The molecule has 0 aromatic heterocycles. The van der Waals surface area contributed by atoms with E-state index in [4.69, 9.17) is 24.5 Å². The van der Waals surface area contributed by atoms with Gasteiger partial charge in [-0.1, -0.05) is 12.1 Å². The Morgan fingerprint density at radius 2 is 1.83 bits per heavy atom. The van der Waals surface area contributed by atoms with Crippen molar-refractivity contribution in [1.29, 1.82) is 0 Å². The molecule has 2 aliphatic heterocycles. The highest BCUT2D eigenvalue weighted by Crippen LogP contribution is 2.37. The van der Waals surface area contributed by atoms with E-state index in [1.807, 2.05) is 66.7 Å². The maximum absolute atomic E-state index is 12.5. The van der Waals surface area contributed by atoms with Crippen LogP contribution in [-0.4, -0.2) is 54.6 Å². The summed E-state index contributed by atoms with van der Waals surface area (Å²) in [6.07, 6.45) is -0.676. The Labute approximate surface area is 174 Å². The molecule has 0 spiro atoms. The minimum atomic E-state index is -0.541. The average molecular weight is 404 g/mol. The number of nitrogen functional groups attached to an aromatic ring is 1. The molecule has 7 nitrogen and oxygen atoms in total. The Morgan fingerprint density at radius 1 is 1.21 bits per heavy atom. The molecule has 29 heavy (non-hydrogen) atoms. The number of ether oxygens (including phenoxy) is 2. The predicted octanol–water partition coefficient (Wildman–Crippen LogP) is 2.88. The summed E-state index contributed by atoms with van der Waals surface area (Å²) in [5.74, 6) is 0. The lowest BCUT2D eigenvalue weighted by Crippen LogP contribution is -2.45. The molecule has 1 amide bonds. The van der Waals surface area contributed by atoms with Crippen molar-refractivity contribution >= 4 is 24.4 Å². The maximum Gasteiger partial charge on any atom is 0.494 e. The van der Waals surface area contributed by atoms with Gasteiger partial charge in [0.25, 0.3) is 0 Å². The summed E-state index contributed by atoms with van der Waals surface area (Å²) in [4.78, 5) is 14.1. The van der Waals surface area contributed by atoms with Gasteiger partial charge in [-0.05, 0) is 60.0 Å². The molecular formula is C21H33BN2O5. The van der Waals surface area contributed by atoms with Crippen LogP contribution in [-0.2, 0) is 18.8 Å². The Balaban J connectivity index is 1.79. The molecule has 1 aromatic rings. The van der Waals surface area contributed by atoms with Crippen molar-refractivity contribution in [2.24, 2.45) is 0 Å². The molecule has 160 valence electrons. The second-order valence-corrected chi connectivity index (χ2v) is 9.76. The molecule has 2 fully saturated rings.